The summed E-state index contributed by atoms with van der Waals surface area (Å²) in [4.78, 5) is 0. The molecule has 0 aromatic rings. The Balaban J connectivity index is 3.93. The number of unbranched alkanes of at least 4 members (excludes halogenated alkanes) is 5. The maximum absolute atomic E-state index is 2.52. The van der Waals surface area contributed by atoms with Crippen LogP contribution in [0.25, 0.3) is 0 Å². The van der Waals surface area contributed by atoms with E-state index in [4.69, 9.17) is 0 Å². The van der Waals surface area contributed by atoms with E-state index in [1.807, 2.05) is 0 Å². The lowest BCUT2D eigenvalue weighted by Gasteiger charge is -2.25. The van der Waals surface area contributed by atoms with Gasteiger partial charge in [0, 0.05) is 0 Å². The van der Waals surface area contributed by atoms with Gasteiger partial charge in [0.15, 0.2) is 0 Å². The number of rotatable bonds is 19. The summed E-state index contributed by atoms with van der Waals surface area (Å²) in [5.41, 5.74) is 0. The first-order valence-electron chi connectivity index (χ1n) is 13.0. The molecular formula is C27H56. The van der Waals surface area contributed by atoms with E-state index < -0.39 is 0 Å². The maximum atomic E-state index is 2.52. The van der Waals surface area contributed by atoms with Crippen molar-refractivity contribution in [3.63, 3.8) is 0 Å². The lowest BCUT2D eigenvalue weighted by molar-refractivity contribution is 0.259. The minimum Gasteiger partial charge on any atom is -0.0654 e. The minimum atomic E-state index is 0.857. The summed E-state index contributed by atoms with van der Waals surface area (Å²) in [6.07, 6.45) is 21.6. The average Bonchev–Trinajstić information content (AvgIpc) is 2.62. The van der Waals surface area contributed by atoms with Crippen molar-refractivity contribution in [2.24, 2.45) is 29.6 Å². The summed E-state index contributed by atoms with van der Waals surface area (Å²) in [6.45, 7) is 16.9. The molecular weight excluding hydrogens is 324 g/mol. The minimum absolute atomic E-state index is 0.857. The molecule has 0 spiro atoms. The standard InChI is InChI=1S/C27H56/c1-8-11-20-27(25(7)22-23(4)5)21-16-14-12-13-15-19-24(6)26(17-9-2)18-10-3/h23-27H,8-22H2,1-7H3. The quantitative estimate of drug-likeness (QED) is 0.195. The fraction of sp³-hybridized carbons (Fsp3) is 1.00. The van der Waals surface area contributed by atoms with Crippen molar-refractivity contribution >= 4 is 0 Å². The van der Waals surface area contributed by atoms with E-state index in [-0.39, 0.29) is 0 Å². The van der Waals surface area contributed by atoms with Crippen LogP contribution in [-0.2, 0) is 0 Å². The maximum Gasteiger partial charge on any atom is -0.0388 e. The van der Waals surface area contributed by atoms with Gasteiger partial charge in [0.1, 0.15) is 0 Å². The highest BCUT2D eigenvalue weighted by atomic mass is 14.2. The zero-order valence-corrected chi connectivity index (χ0v) is 20.5. The zero-order chi connectivity index (χ0) is 20.5. The number of hydrogen-bond acceptors (Lipinski definition) is 0. The van der Waals surface area contributed by atoms with Crippen LogP contribution in [0.4, 0.5) is 0 Å². The van der Waals surface area contributed by atoms with Crippen LogP contribution < -0.4 is 0 Å². The summed E-state index contributed by atoms with van der Waals surface area (Å²) in [6, 6.07) is 0. The average molecular weight is 381 g/mol. The molecule has 0 amide bonds. The topological polar surface area (TPSA) is 0 Å². The van der Waals surface area contributed by atoms with Gasteiger partial charge in [-0.2, -0.15) is 0 Å². The first-order chi connectivity index (χ1) is 13.0. The van der Waals surface area contributed by atoms with Crippen molar-refractivity contribution in [1.29, 1.82) is 0 Å². The van der Waals surface area contributed by atoms with Crippen LogP contribution >= 0.6 is 0 Å². The highest BCUT2D eigenvalue weighted by Gasteiger charge is 2.18. The van der Waals surface area contributed by atoms with Crippen LogP contribution in [0.5, 0.6) is 0 Å². The van der Waals surface area contributed by atoms with Crippen LogP contribution in [0.1, 0.15) is 145 Å². The Morgan fingerprint density at radius 2 is 0.926 bits per heavy atom. The molecule has 164 valence electrons. The summed E-state index contributed by atoms with van der Waals surface area (Å²) in [7, 11) is 0. The third-order valence-corrected chi connectivity index (χ3v) is 6.93. The lowest BCUT2D eigenvalue weighted by Crippen LogP contribution is -2.14. The third kappa shape index (κ3) is 14.6. The third-order valence-electron chi connectivity index (χ3n) is 6.93. The van der Waals surface area contributed by atoms with E-state index in [2.05, 4.69) is 48.5 Å². The zero-order valence-electron chi connectivity index (χ0n) is 20.5. The van der Waals surface area contributed by atoms with E-state index >= 15 is 0 Å². The van der Waals surface area contributed by atoms with Gasteiger partial charge in [0.25, 0.3) is 0 Å². The molecule has 0 rings (SSSR count). The molecule has 0 aliphatic carbocycles. The van der Waals surface area contributed by atoms with Crippen molar-refractivity contribution < 1.29 is 0 Å². The highest BCUT2D eigenvalue weighted by molar-refractivity contribution is 4.69. The van der Waals surface area contributed by atoms with Gasteiger partial charge in [-0.15, -0.1) is 0 Å². The van der Waals surface area contributed by atoms with E-state index in [1.165, 1.54) is 96.3 Å². The predicted octanol–water partition coefficient (Wildman–Crippen LogP) is 10.1. The van der Waals surface area contributed by atoms with Crippen molar-refractivity contribution in [2.75, 3.05) is 0 Å². The molecule has 0 aliphatic rings. The molecule has 27 heavy (non-hydrogen) atoms. The molecule has 3 atom stereocenters. The van der Waals surface area contributed by atoms with Gasteiger partial charge in [-0.25, -0.2) is 0 Å². The van der Waals surface area contributed by atoms with Crippen LogP contribution in [0, 0.1) is 29.6 Å². The van der Waals surface area contributed by atoms with Crippen molar-refractivity contribution in [1.82, 2.24) is 0 Å². The monoisotopic (exact) mass is 380 g/mol. The van der Waals surface area contributed by atoms with Gasteiger partial charge in [0.05, 0.1) is 0 Å². The Hall–Kier alpha value is 0. The fourth-order valence-corrected chi connectivity index (χ4v) is 5.21. The molecule has 0 aromatic carbocycles. The van der Waals surface area contributed by atoms with E-state index in [9.17, 15) is 0 Å². The second kappa shape index (κ2) is 18.1. The second-order valence-corrected chi connectivity index (χ2v) is 10.2. The Morgan fingerprint density at radius 1 is 0.444 bits per heavy atom. The van der Waals surface area contributed by atoms with Gasteiger partial charge >= 0.3 is 0 Å². The van der Waals surface area contributed by atoms with Crippen molar-refractivity contribution in [2.45, 2.75) is 145 Å². The van der Waals surface area contributed by atoms with Crippen LogP contribution in [0.3, 0.4) is 0 Å². The van der Waals surface area contributed by atoms with Gasteiger partial charge < -0.3 is 0 Å². The Labute approximate surface area is 174 Å². The SMILES string of the molecule is CCCCC(CCCCCCCC(C)C(CCC)CCC)C(C)CC(C)C. The van der Waals surface area contributed by atoms with Crippen LogP contribution in [0.2, 0.25) is 0 Å². The Bertz CT molecular complexity index is 286. The molecule has 0 nitrogen and oxygen atoms in total. The predicted molar refractivity (Wildman–Crippen MR) is 126 cm³/mol. The van der Waals surface area contributed by atoms with Crippen molar-refractivity contribution in [3.8, 4) is 0 Å². The van der Waals surface area contributed by atoms with Gasteiger partial charge in [-0.1, -0.05) is 138 Å². The normalized spacial score (nSPS) is 15.4. The first kappa shape index (κ1) is 27.0. The van der Waals surface area contributed by atoms with E-state index in [1.54, 1.807) is 0 Å². The highest BCUT2D eigenvalue weighted by Crippen LogP contribution is 2.30. The van der Waals surface area contributed by atoms with Crippen molar-refractivity contribution in [3.05, 3.63) is 0 Å². The Kier molecular flexibility index (Phi) is 18.1. The molecule has 0 saturated carbocycles. The molecule has 0 heteroatoms. The van der Waals surface area contributed by atoms with Gasteiger partial charge in [0.2, 0.25) is 0 Å². The molecule has 0 fully saturated rings. The summed E-state index contributed by atoms with van der Waals surface area (Å²) in [5, 5.41) is 0. The molecule has 0 saturated heterocycles. The molecule has 0 radical (unpaired) electrons. The van der Waals surface area contributed by atoms with Gasteiger partial charge in [-0.05, 0) is 36.0 Å². The fourth-order valence-electron chi connectivity index (χ4n) is 5.21. The van der Waals surface area contributed by atoms with Gasteiger partial charge in [-0.3, -0.25) is 0 Å². The molecule has 3 unspecified atom stereocenters. The van der Waals surface area contributed by atoms with Crippen LogP contribution in [0.15, 0.2) is 0 Å². The summed E-state index contributed by atoms with van der Waals surface area (Å²) >= 11 is 0. The van der Waals surface area contributed by atoms with Crippen LogP contribution in [-0.4, -0.2) is 0 Å². The molecule has 0 heterocycles. The molecule has 0 aliphatic heterocycles. The smallest absolute Gasteiger partial charge is 0.0388 e. The largest absolute Gasteiger partial charge is 0.0654 e. The lowest BCUT2D eigenvalue weighted by atomic mass is 9.80. The van der Waals surface area contributed by atoms with E-state index in [0.717, 1.165) is 29.6 Å². The molecule has 0 bridgehead atoms. The molecule has 0 aromatic heterocycles. The first-order valence-corrected chi connectivity index (χ1v) is 13.0. The summed E-state index contributed by atoms with van der Waals surface area (Å²) in [5.74, 6) is 4.69. The summed E-state index contributed by atoms with van der Waals surface area (Å²) < 4.78 is 0. The molecule has 0 N–H and O–H groups in total. The Morgan fingerprint density at radius 3 is 1.44 bits per heavy atom. The number of hydrogen-bond donors (Lipinski definition) is 0. The second-order valence-electron chi connectivity index (χ2n) is 10.2. The van der Waals surface area contributed by atoms with E-state index in [0.29, 0.717) is 0 Å².